The van der Waals surface area contributed by atoms with Crippen LogP contribution < -0.4 is 45.4 Å². The summed E-state index contributed by atoms with van der Waals surface area (Å²) in [6, 6.07) is 27.6. The maximum atomic E-state index is 15.8. The Morgan fingerprint density at radius 3 is 1.72 bits per heavy atom. The molecule has 6 heterocycles. The zero-order valence-electron chi connectivity index (χ0n) is 39.8. The Morgan fingerprint density at radius 1 is 0.694 bits per heavy atom. The lowest BCUT2D eigenvalue weighted by Crippen LogP contribution is -3.12. The van der Waals surface area contributed by atoms with Crippen molar-refractivity contribution in [2.24, 2.45) is 0 Å². The van der Waals surface area contributed by atoms with Crippen LogP contribution in [0.3, 0.4) is 0 Å². The number of piperazine rings is 2. The molecule has 2 fully saturated rings. The number of benzene rings is 4. The molecule has 0 radical (unpaired) electrons. The van der Waals surface area contributed by atoms with Crippen LogP contribution in [0.5, 0.6) is 23.3 Å². The monoisotopic (exact) mass is 976 g/mol. The Hall–Kier alpha value is -8.62. The minimum Gasteiger partial charge on any atom is -0.438 e. The molecule has 2 aliphatic rings. The van der Waals surface area contributed by atoms with E-state index in [4.69, 9.17) is 9.47 Å². The molecular weight excluding hydrogens is 923 g/mol. The summed E-state index contributed by atoms with van der Waals surface area (Å²) in [6.45, 7) is 10.2. The third-order valence-corrected chi connectivity index (χ3v) is 13.0. The first-order valence-corrected chi connectivity index (χ1v) is 23.7. The summed E-state index contributed by atoms with van der Waals surface area (Å²) in [5, 5.41) is 13.3. The van der Waals surface area contributed by atoms with Gasteiger partial charge in [0.1, 0.15) is 34.4 Å². The number of carbonyl (C=O) groups is 2. The summed E-state index contributed by atoms with van der Waals surface area (Å²) in [6.07, 6.45) is 4.93. The fourth-order valence-corrected chi connectivity index (χ4v) is 8.86. The van der Waals surface area contributed by atoms with Gasteiger partial charge in [-0.1, -0.05) is 18.7 Å². The Kier molecular flexibility index (Phi) is 13.3. The molecule has 10 rings (SSSR count). The average Bonchev–Trinajstić information content (AvgIpc) is 4.06. The minimum absolute atomic E-state index is 0.141. The number of amides is 2. The number of ether oxygens (including phenoxy) is 2. The van der Waals surface area contributed by atoms with Gasteiger partial charge in [0.15, 0.2) is 0 Å². The summed E-state index contributed by atoms with van der Waals surface area (Å²) in [7, 11) is 4.26. The number of aromatic nitrogens is 6. The van der Waals surface area contributed by atoms with E-state index >= 15 is 8.78 Å². The molecule has 0 saturated carbocycles. The number of fused-ring (bicyclic) bond motifs is 2. The van der Waals surface area contributed by atoms with Crippen molar-refractivity contribution in [3.63, 3.8) is 0 Å². The third-order valence-electron chi connectivity index (χ3n) is 13.0. The number of hydrogen-bond donors (Lipinski definition) is 7. The highest BCUT2D eigenvalue weighted by molar-refractivity contribution is 5.99. The summed E-state index contributed by atoms with van der Waals surface area (Å²) in [4.78, 5) is 55.2. The predicted octanol–water partition coefficient (Wildman–Crippen LogP) is 7.33. The number of aromatic amines is 2. The summed E-state index contributed by atoms with van der Waals surface area (Å²) >= 11 is 0. The molecule has 0 aliphatic carbocycles. The summed E-state index contributed by atoms with van der Waals surface area (Å²) < 4.78 is 44.2. The molecule has 18 nitrogen and oxygen atoms in total. The molecular formula is C52H54F2N14O4+2. The van der Waals surface area contributed by atoms with E-state index in [0.29, 0.717) is 105 Å². The Balaban J connectivity index is 0.720. The molecule has 4 aromatic carbocycles. The van der Waals surface area contributed by atoms with Crippen molar-refractivity contribution in [1.29, 1.82) is 0 Å². The Labute approximate surface area is 413 Å². The molecule has 0 atom stereocenters. The fraction of sp³-hybridized carbons (Fsp3) is 0.231. The van der Waals surface area contributed by atoms with Crippen molar-refractivity contribution < 1.29 is 37.2 Å². The fourth-order valence-electron chi connectivity index (χ4n) is 8.86. The average molecular weight is 977 g/mol. The zero-order valence-corrected chi connectivity index (χ0v) is 39.8. The number of hydrogen-bond acceptors (Lipinski definition) is 12. The number of nitrogens with one attached hydrogen (secondary N) is 7. The maximum absolute atomic E-state index is 15.8. The van der Waals surface area contributed by atoms with E-state index in [1.54, 1.807) is 85.2 Å². The quantitative estimate of drug-likeness (QED) is 0.0377. The number of rotatable bonds is 16. The number of H-pyrrole nitrogens is 2. The number of nitrogens with zero attached hydrogens (tertiary/aromatic N) is 7. The van der Waals surface area contributed by atoms with Gasteiger partial charge >= 0.3 is 0 Å². The van der Waals surface area contributed by atoms with Crippen LogP contribution in [0.25, 0.3) is 22.1 Å². The number of quaternary nitrogens is 2. The van der Waals surface area contributed by atoms with E-state index in [0.717, 1.165) is 26.2 Å². The first-order valence-electron chi connectivity index (χ1n) is 23.7. The van der Waals surface area contributed by atoms with E-state index < -0.39 is 5.82 Å². The van der Waals surface area contributed by atoms with E-state index in [9.17, 15) is 9.59 Å². The van der Waals surface area contributed by atoms with Crippen molar-refractivity contribution in [1.82, 2.24) is 29.9 Å². The van der Waals surface area contributed by atoms with Crippen LogP contribution >= 0.6 is 0 Å². The second-order valence-corrected chi connectivity index (χ2v) is 18.2. The van der Waals surface area contributed by atoms with Crippen LogP contribution in [-0.4, -0.2) is 119 Å². The van der Waals surface area contributed by atoms with Crippen LogP contribution in [0, 0.1) is 11.6 Å². The molecule has 0 bridgehead atoms. The van der Waals surface area contributed by atoms with E-state index in [1.165, 1.54) is 23.1 Å². The van der Waals surface area contributed by atoms with Crippen LogP contribution in [-0.2, 0) is 9.59 Å². The van der Waals surface area contributed by atoms with Crippen LogP contribution in [0.2, 0.25) is 0 Å². The molecule has 7 N–H and O–H groups in total. The second-order valence-electron chi connectivity index (χ2n) is 18.2. The summed E-state index contributed by atoms with van der Waals surface area (Å²) in [5.74, 6) is 0.666. The largest absolute Gasteiger partial charge is 0.438 e. The van der Waals surface area contributed by atoms with Crippen LogP contribution in [0.15, 0.2) is 122 Å². The van der Waals surface area contributed by atoms with E-state index in [2.05, 4.69) is 76.7 Å². The zero-order chi connectivity index (χ0) is 49.8. The number of carbonyl (C=O) groups excluding carboxylic acids is 2. The van der Waals surface area contributed by atoms with Crippen LogP contribution in [0.4, 0.5) is 54.8 Å². The Bertz CT molecular complexity index is 3290. The van der Waals surface area contributed by atoms with Gasteiger partial charge in [0.05, 0.1) is 102 Å². The van der Waals surface area contributed by atoms with Gasteiger partial charge in [0.2, 0.25) is 35.5 Å². The van der Waals surface area contributed by atoms with Crippen molar-refractivity contribution >= 4 is 79.9 Å². The summed E-state index contributed by atoms with van der Waals surface area (Å²) in [5.41, 5.74) is 4.16. The molecule has 368 valence electrons. The molecule has 20 heteroatoms. The molecule has 2 saturated heterocycles. The Morgan fingerprint density at radius 2 is 1.21 bits per heavy atom. The lowest BCUT2D eigenvalue weighted by atomic mass is 10.2. The van der Waals surface area contributed by atoms with Crippen molar-refractivity contribution in [3.8, 4) is 23.3 Å². The molecule has 0 spiro atoms. The SMILES string of the molecule is C=CC(=O)Nc1cccc(Oc2nc(Nc3ccc(N4CC[N+](C)(CCC(=O)Nc5cccc(Oc6nc(Nc7ccc(N8CC[NH+](C)CC8)c(F)c7)nc7[nH]ccc67)c5)CC4)c(F)c3)nc3[nH]ccc23)c1. The highest BCUT2D eigenvalue weighted by Crippen LogP contribution is 2.34. The number of likely N-dealkylation sites (N-methyl/N-ethyl adjacent to an activating group) is 2. The predicted molar refractivity (Wildman–Crippen MR) is 274 cm³/mol. The number of halogens is 2. The molecule has 2 aliphatic heterocycles. The van der Waals surface area contributed by atoms with Gasteiger partial charge < -0.3 is 59.9 Å². The first kappa shape index (κ1) is 47.1. The van der Waals surface area contributed by atoms with Gasteiger partial charge in [-0.15, -0.1) is 0 Å². The normalized spacial score (nSPS) is 14.8. The van der Waals surface area contributed by atoms with Crippen molar-refractivity contribution in [3.05, 3.63) is 134 Å². The van der Waals surface area contributed by atoms with E-state index in [1.807, 2.05) is 17.0 Å². The number of anilines is 8. The van der Waals surface area contributed by atoms with Gasteiger partial charge in [-0.25, -0.2) is 8.78 Å². The van der Waals surface area contributed by atoms with Gasteiger partial charge in [0, 0.05) is 47.3 Å². The van der Waals surface area contributed by atoms with Crippen molar-refractivity contribution in [2.45, 2.75) is 6.42 Å². The standard InChI is InChI=1S/C52H52F2N14O4/c1-4-45(69)57-33-7-5-9-37(29-33)71-49-39-15-18-55-47(39)62-52(63-49)60-36-12-14-44(42(54)32-36)67-24-27-68(3,28-25-67)26-17-46(70)58-34-8-6-10-38(30-34)72-50-40-16-19-56-48(40)61-51(64-50)59-35-11-13-43(41(53)31-35)66-22-20-65(2)21-23-66/h4-16,18-19,29-32H,1,17,20-28H2,2-3H3,(H5-,55,56,57,58,59,60,61,62,63,64,69,70)/p+2. The van der Waals surface area contributed by atoms with Gasteiger partial charge in [-0.2, -0.15) is 19.9 Å². The topological polar surface area (TPSA) is 195 Å². The van der Waals surface area contributed by atoms with Crippen molar-refractivity contribution in [2.75, 3.05) is 104 Å². The lowest BCUT2D eigenvalue weighted by molar-refractivity contribution is -0.909. The first-order chi connectivity index (χ1) is 34.9. The minimum atomic E-state index is -0.397. The lowest BCUT2D eigenvalue weighted by Gasteiger charge is -2.42. The highest BCUT2D eigenvalue weighted by atomic mass is 19.1. The molecule has 0 unspecified atom stereocenters. The highest BCUT2D eigenvalue weighted by Gasteiger charge is 2.31. The van der Waals surface area contributed by atoms with E-state index in [-0.39, 0.29) is 47.7 Å². The molecule has 4 aromatic heterocycles. The third kappa shape index (κ3) is 10.9. The van der Waals surface area contributed by atoms with Gasteiger partial charge in [-0.3, -0.25) is 9.59 Å². The van der Waals surface area contributed by atoms with Crippen LogP contribution in [0.1, 0.15) is 6.42 Å². The van der Waals surface area contributed by atoms with Gasteiger partial charge in [0.25, 0.3) is 0 Å². The second kappa shape index (κ2) is 20.4. The van der Waals surface area contributed by atoms with Gasteiger partial charge in [-0.05, 0) is 78.9 Å². The molecule has 2 amide bonds. The molecule has 8 aromatic rings. The molecule has 72 heavy (non-hydrogen) atoms. The maximum Gasteiger partial charge on any atom is 0.247 e. The smallest absolute Gasteiger partial charge is 0.247 e.